The molecule has 1 aromatic rings. The van der Waals surface area contributed by atoms with Crippen LogP contribution in [0.2, 0.25) is 0 Å². The molecule has 1 saturated carbocycles. The Balaban J connectivity index is 1.89. The second kappa shape index (κ2) is 7.79. The number of carbonyl (C=O) groups is 2. The Morgan fingerprint density at radius 3 is 2.33 bits per heavy atom. The topological polar surface area (TPSA) is 69.6 Å². The third-order valence-electron chi connectivity index (χ3n) is 4.62. The molecule has 1 aromatic carbocycles. The Kier molecular flexibility index (Phi) is 5.99. The van der Waals surface area contributed by atoms with Gasteiger partial charge in [0, 0.05) is 31.6 Å². The van der Waals surface area contributed by atoms with Crippen molar-refractivity contribution in [3.8, 4) is 0 Å². The van der Waals surface area contributed by atoms with Gasteiger partial charge in [0.15, 0.2) is 0 Å². The second-order valence-corrected chi connectivity index (χ2v) is 7.16. The van der Waals surface area contributed by atoms with E-state index in [1.54, 1.807) is 24.1 Å². The lowest BCUT2D eigenvalue weighted by Gasteiger charge is -2.22. The van der Waals surface area contributed by atoms with Crippen LogP contribution in [-0.4, -0.2) is 41.0 Å². The summed E-state index contributed by atoms with van der Waals surface area (Å²) in [7, 11) is 1.78. The summed E-state index contributed by atoms with van der Waals surface area (Å²) in [5.74, 6) is -0.100. The zero-order chi connectivity index (χ0) is 17.7. The Labute approximate surface area is 144 Å². The lowest BCUT2D eigenvalue weighted by atomic mass is 10.0. The van der Waals surface area contributed by atoms with Crippen molar-refractivity contribution in [2.45, 2.75) is 51.7 Å². The highest BCUT2D eigenvalue weighted by Gasteiger charge is 2.31. The Morgan fingerprint density at radius 2 is 1.79 bits per heavy atom. The van der Waals surface area contributed by atoms with E-state index < -0.39 is 5.60 Å². The standard InChI is InChI=1S/C19H28N2O3/c1-14(2)18(23)21(3)12-15-6-8-16(9-7-15)17(22)20-13-19(24)10-4-5-11-19/h6-9,14,24H,4-5,10-13H2,1-3H3,(H,20,22). The van der Waals surface area contributed by atoms with Gasteiger partial charge in [-0.3, -0.25) is 9.59 Å². The molecule has 24 heavy (non-hydrogen) atoms. The minimum absolute atomic E-state index is 0.0264. The van der Waals surface area contributed by atoms with Crippen LogP contribution in [0.1, 0.15) is 55.5 Å². The molecule has 0 radical (unpaired) electrons. The first-order valence-electron chi connectivity index (χ1n) is 8.65. The monoisotopic (exact) mass is 332 g/mol. The SMILES string of the molecule is CC(C)C(=O)N(C)Cc1ccc(C(=O)NCC2(O)CCCC2)cc1. The van der Waals surface area contributed by atoms with Gasteiger partial charge in [-0.15, -0.1) is 0 Å². The molecule has 5 heteroatoms. The fourth-order valence-electron chi connectivity index (χ4n) is 3.11. The summed E-state index contributed by atoms with van der Waals surface area (Å²) >= 11 is 0. The quantitative estimate of drug-likeness (QED) is 0.840. The van der Waals surface area contributed by atoms with Gasteiger partial charge in [-0.25, -0.2) is 0 Å². The van der Waals surface area contributed by atoms with Gasteiger partial charge in [-0.05, 0) is 30.5 Å². The van der Waals surface area contributed by atoms with E-state index in [-0.39, 0.29) is 17.7 Å². The van der Waals surface area contributed by atoms with Crippen LogP contribution in [0.25, 0.3) is 0 Å². The summed E-state index contributed by atoms with van der Waals surface area (Å²) in [6.45, 7) is 4.59. The lowest BCUT2D eigenvalue weighted by Crippen LogP contribution is -2.40. The highest BCUT2D eigenvalue weighted by atomic mass is 16.3. The molecule has 1 fully saturated rings. The summed E-state index contributed by atoms with van der Waals surface area (Å²) in [6, 6.07) is 7.25. The van der Waals surface area contributed by atoms with Crippen LogP contribution in [0.3, 0.4) is 0 Å². The maximum Gasteiger partial charge on any atom is 0.251 e. The molecule has 0 saturated heterocycles. The Morgan fingerprint density at radius 1 is 1.21 bits per heavy atom. The molecule has 0 aromatic heterocycles. The molecule has 0 aliphatic heterocycles. The van der Waals surface area contributed by atoms with Gasteiger partial charge in [0.05, 0.1) is 5.60 Å². The third kappa shape index (κ3) is 4.81. The van der Waals surface area contributed by atoms with Crippen LogP contribution >= 0.6 is 0 Å². The minimum Gasteiger partial charge on any atom is -0.388 e. The van der Waals surface area contributed by atoms with Gasteiger partial charge in [-0.2, -0.15) is 0 Å². The predicted octanol–water partition coefficient (Wildman–Crippen LogP) is 2.34. The first-order valence-corrected chi connectivity index (χ1v) is 8.65. The van der Waals surface area contributed by atoms with E-state index in [1.807, 2.05) is 26.0 Å². The lowest BCUT2D eigenvalue weighted by molar-refractivity contribution is -0.133. The number of aliphatic hydroxyl groups is 1. The van der Waals surface area contributed by atoms with Crippen LogP contribution in [0.4, 0.5) is 0 Å². The third-order valence-corrected chi connectivity index (χ3v) is 4.62. The number of carbonyl (C=O) groups excluding carboxylic acids is 2. The molecule has 0 atom stereocenters. The van der Waals surface area contributed by atoms with Crippen molar-refractivity contribution in [2.24, 2.45) is 5.92 Å². The molecule has 0 spiro atoms. The van der Waals surface area contributed by atoms with Crippen molar-refractivity contribution in [1.29, 1.82) is 0 Å². The molecule has 0 heterocycles. The van der Waals surface area contributed by atoms with Crippen molar-refractivity contribution < 1.29 is 14.7 Å². The number of hydrogen-bond donors (Lipinski definition) is 2. The fourth-order valence-corrected chi connectivity index (χ4v) is 3.11. The van der Waals surface area contributed by atoms with E-state index in [9.17, 15) is 14.7 Å². The summed E-state index contributed by atoms with van der Waals surface area (Å²) in [5, 5.41) is 13.1. The summed E-state index contributed by atoms with van der Waals surface area (Å²) in [4.78, 5) is 25.8. The highest BCUT2D eigenvalue weighted by Crippen LogP contribution is 2.28. The zero-order valence-electron chi connectivity index (χ0n) is 14.8. The van der Waals surface area contributed by atoms with Crippen molar-refractivity contribution >= 4 is 11.8 Å². The van der Waals surface area contributed by atoms with Gasteiger partial charge < -0.3 is 15.3 Å². The molecule has 2 amide bonds. The Hall–Kier alpha value is -1.88. The van der Waals surface area contributed by atoms with Gasteiger partial charge in [0.25, 0.3) is 5.91 Å². The minimum atomic E-state index is -0.741. The molecule has 1 aliphatic carbocycles. The van der Waals surface area contributed by atoms with E-state index in [0.717, 1.165) is 31.2 Å². The first kappa shape index (κ1) is 18.5. The summed E-state index contributed by atoms with van der Waals surface area (Å²) in [6.07, 6.45) is 3.54. The van der Waals surface area contributed by atoms with Gasteiger partial charge in [-0.1, -0.05) is 38.8 Å². The normalized spacial score (nSPS) is 16.2. The average molecular weight is 332 g/mol. The van der Waals surface area contributed by atoms with E-state index in [4.69, 9.17) is 0 Å². The van der Waals surface area contributed by atoms with Crippen LogP contribution in [0.15, 0.2) is 24.3 Å². The number of rotatable bonds is 6. The smallest absolute Gasteiger partial charge is 0.251 e. The molecule has 5 nitrogen and oxygen atoms in total. The summed E-state index contributed by atoms with van der Waals surface area (Å²) < 4.78 is 0. The molecular weight excluding hydrogens is 304 g/mol. The predicted molar refractivity (Wildman–Crippen MR) is 93.5 cm³/mol. The molecule has 1 aliphatic rings. The first-order chi connectivity index (χ1) is 11.3. The van der Waals surface area contributed by atoms with Crippen LogP contribution in [0.5, 0.6) is 0 Å². The highest BCUT2D eigenvalue weighted by molar-refractivity contribution is 5.94. The number of nitrogens with zero attached hydrogens (tertiary/aromatic N) is 1. The van der Waals surface area contributed by atoms with Crippen LogP contribution in [-0.2, 0) is 11.3 Å². The molecule has 0 bridgehead atoms. The fraction of sp³-hybridized carbons (Fsp3) is 0.579. The molecule has 2 rings (SSSR count). The van der Waals surface area contributed by atoms with Crippen molar-refractivity contribution in [1.82, 2.24) is 10.2 Å². The van der Waals surface area contributed by atoms with Gasteiger partial charge in [0.1, 0.15) is 0 Å². The Bertz CT molecular complexity index is 575. The summed E-state index contributed by atoms with van der Waals surface area (Å²) in [5.41, 5.74) is 0.811. The zero-order valence-corrected chi connectivity index (χ0v) is 14.8. The van der Waals surface area contributed by atoms with E-state index in [1.165, 1.54) is 0 Å². The molecule has 0 unspecified atom stereocenters. The van der Waals surface area contributed by atoms with Crippen LogP contribution < -0.4 is 5.32 Å². The largest absolute Gasteiger partial charge is 0.388 e. The maximum absolute atomic E-state index is 12.2. The molecular formula is C19H28N2O3. The number of benzene rings is 1. The van der Waals surface area contributed by atoms with Gasteiger partial charge >= 0.3 is 0 Å². The number of amides is 2. The molecule has 2 N–H and O–H groups in total. The van der Waals surface area contributed by atoms with Crippen LogP contribution in [0, 0.1) is 5.92 Å². The van der Waals surface area contributed by atoms with Gasteiger partial charge in [0.2, 0.25) is 5.91 Å². The van der Waals surface area contributed by atoms with E-state index >= 15 is 0 Å². The average Bonchev–Trinajstić information content (AvgIpc) is 2.99. The van der Waals surface area contributed by atoms with E-state index in [0.29, 0.717) is 18.7 Å². The number of hydrogen-bond acceptors (Lipinski definition) is 3. The maximum atomic E-state index is 12.2. The van der Waals surface area contributed by atoms with Crippen molar-refractivity contribution in [3.05, 3.63) is 35.4 Å². The van der Waals surface area contributed by atoms with Crippen molar-refractivity contribution in [3.63, 3.8) is 0 Å². The second-order valence-electron chi connectivity index (χ2n) is 7.16. The number of nitrogens with one attached hydrogen (secondary N) is 1. The molecule has 132 valence electrons. The van der Waals surface area contributed by atoms with Crippen molar-refractivity contribution in [2.75, 3.05) is 13.6 Å². The van der Waals surface area contributed by atoms with E-state index in [2.05, 4.69) is 5.32 Å².